The van der Waals surface area contributed by atoms with Gasteiger partial charge in [-0.2, -0.15) is 0 Å². The molecule has 1 amide bonds. The van der Waals surface area contributed by atoms with Crippen LogP contribution in [0, 0.1) is 0 Å². The van der Waals surface area contributed by atoms with Gasteiger partial charge in [-0.15, -0.1) is 0 Å². The van der Waals surface area contributed by atoms with E-state index in [9.17, 15) is 14.4 Å². The van der Waals surface area contributed by atoms with Gasteiger partial charge in [0.25, 0.3) is 0 Å². The van der Waals surface area contributed by atoms with E-state index in [1.54, 1.807) is 0 Å². The van der Waals surface area contributed by atoms with E-state index in [0.717, 1.165) is 77.0 Å². The Labute approximate surface area is 269 Å². The standard InChI is InChI=1S/C38H65NO5/c1-3-5-7-9-11-13-14-15-16-17-19-25-29-33-38(43)44-35(30-26-22-18-12-10-8-6-4-2)31-27-23-20-21-24-28-32-36(40)39-34-37(41)42/h6,8,12-14,18,26,30,35H,3-5,7,9-11,15-17,19-25,27-29,31-34H2,1-2H3,(H,39,40)(H,41,42)/b8-6-,14-13-,18-12-,30-26-. The maximum Gasteiger partial charge on any atom is 0.322 e. The van der Waals surface area contributed by atoms with Crippen LogP contribution in [0.5, 0.6) is 0 Å². The van der Waals surface area contributed by atoms with Gasteiger partial charge in [0, 0.05) is 12.8 Å². The summed E-state index contributed by atoms with van der Waals surface area (Å²) in [6.07, 6.45) is 41.0. The van der Waals surface area contributed by atoms with Gasteiger partial charge < -0.3 is 15.2 Å². The van der Waals surface area contributed by atoms with E-state index in [1.807, 2.05) is 0 Å². The SMILES string of the molecule is CC/C=C\C/C=C\C/C=C\C(CCCCCCCCC(=O)NCC(=O)O)OC(=O)CCCCCCC/C=C\CCCCCC. The molecule has 0 fully saturated rings. The Morgan fingerprint density at radius 2 is 1.18 bits per heavy atom. The van der Waals surface area contributed by atoms with Gasteiger partial charge >= 0.3 is 11.9 Å². The van der Waals surface area contributed by atoms with Crippen molar-refractivity contribution in [3.8, 4) is 0 Å². The van der Waals surface area contributed by atoms with Crippen LogP contribution in [-0.4, -0.2) is 35.6 Å². The summed E-state index contributed by atoms with van der Waals surface area (Å²) in [5.41, 5.74) is 0. The number of esters is 1. The van der Waals surface area contributed by atoms with Crippen LogP contribution in [0.15, 0.2) is 48.6 Å². The average Bonchev–Trinajstić information content (AvgIpc) is 3.00. The number of hydrogen-bond acceptors (Lipinski definition) is 4. The van der Waals surface area contributed by atoms with Gasteiger partial charge in [-0.05, 0) is 76.7 Å². The van der Waals surface area contributed by atoms with Crippen molar-refractivity contribution in [2.24, 2.45) is 0 Å². The molecule has 1 unspecified atom stereocenters. The molecule has 0 radical (unpaired) electrons. The molecule has 44 heavy (non-hydrogen) atoms. The zero-order chi connectivity index (χ0) is 32.4. The Kier molecular flexibility index (Phi) is 31.3. The normalized spacial score (nSPS) is 12.6. The number of carboxylic acids is 1. The number of carbonyl (C=O) groups excluding carboxylic acids is 2. The van der Waals surface area contributed by atoms with Crippen LogP contribution >= 0.6 is 0 Å². The molecule has 0 spiro atoms. The van der Waals surface area contributed by atoms with Crippen LogP contribution in [0.2, 0.25) is 0 Å². The Balaban J connectivity index is 4.24. The molecule has 252 valence electrons. The first kappa shape index (κ1) is 41.4. The number of carbonyl (C=O) groups is 3. The maximum atomic E-state index is 12.6. The van der Waals surface area contributed by atoms with E-state index < -0.39 is 5.97 Å². The van der Waals surface area contributed by atoms with Crippen molar-refractivity contribution in [1.82, 2.24) is 5.32 Å². The quantitative estimate of drug-likeness (QED) is 0.0460. The minimum atomic E-state index is -1.02. The molecule has 6 heteroatoms. The molecule has 0 bridgehead atoms. The fraction of sp³-hybridized carbons (Fsp3) is 0.711. The Bertz CT molecular complexity index is 814. The zero-order valence-electron chi connectivity index (χ0n) is 28.2. The number of aliphatic carboxylic acids is 1. The van der Waals surface area contributed by atoms with Gasteiger partial charge in [-0.25, -0.2) is 0 Å². The number of unbranched alkanes of at least 4 members (excludes halogenated alkanes) is 14. The van der Waals surface area contributed by atoms with Crippen LogP contribution in [0.3, 0.4) is 0 Å². The first-order valence-corrected chi connectivity index (χ1v) is 17.8. The van der Waals surface area contributed by atoms with Crippen LogP contribution in [0.25, 0.3) is 0 Å². The predicted molar refractivity (Wildman–Crippen MR) is 185 cm³/mol. The molecule has 0 aliphatic rings. The largest absolute Gasteiger partial charge is 0.480 e. The van der Waals surface area contributed by atoms with Gasteiger partial charge in [0.2, 0.25) is 5.91 Å². The Morgan fingerprint density at radius 1 is 0.636 bits per heavy atom. The minimum absolute atomic E-state index is 0.0907. The summed E-state index contributed by atoms with van der Waals surface area (Å²) in [6.45, 7) is 4.07. The van der Waals surface area contributed by atoms with E-state index in [0.29, 0.717) is 12.8 Å². The number of rotatable bonds is 31. The van der Waals surface area contributed by atoms with Gasteiger partial charge in [0.05, 0.1) is 0 Å². The van der Waals surface area contributed by atoms with Crippen molar-refractivity contribution < 1.29 is 24.2 Å². The van der Waals surface area contributed by atoms with E-state index in [1.165, 1.54) is 57.8 Å². The molecule has 0 aromatic carbocycles. The smallest absolute Gasteiger partial charge is 0.322 e. The molecule has 0 saturated carbocycles. The van der Waals surface area contributed by atoms with Crippen molar-refractivity contribution >= 4 is 17.8 Å². The molecule has 0 aromatic rings. The lowest BCUT2D eigenvalue weighted by atomic mass is 10.1. The summed E-state index contributed by atoms with van der Waals surface area (Å²) >= 11 is 0. The predicted octanol–water partition coefficient (Wildman–Crippen LogP) is 10.3. The monoisotopic (exact) mass is 615 g/mol. The second kappa shape index (κ2) is 33.3. The van der Waals surface area contributed by atoms with E-state index in [2.05, 4.69) is 67.8 Å². The number of carboxylic acid groups (broad SMARTS) is 1. The van der Waals surface area contributed by atoms with Crippen LogP contribution in [0.4, 0.5) is 0 Å². The third-order valence-electron chi connectivity index (χ3n) is 7.47. The highest BCUT2D eigenvalue weighted by Crippen LogP contribution is 2.15. The van der Waals surface area contributed by atoms with Crippen molar-refractivity contribution in [3.05, 3.63) is 48.6 Å². The van der Waals surface area contributed by atoms with Crippen molar-refractivity contribution in [1.29, 1.82) is 0 Å². The summed E-state index contributed by atoms with van der Waals surface area (Å²) in [7, 11) is 0. The molecule has 0 aromatic heterocycles. The molecule has 0 saturated heterocycles. The highest BCUT2D eigenvalue weighted by atomic mass is 16.5. The zero-order valence-corrected chi connectivity index (χ0v) is 28.2. The summed E-state index contributed by atoms with van der Waals surface area (Å²) in [6, 6.07) is 0. The molecule has 2 N–H and O–H groups in total. The second-order valence-electron chi connectivity index (χ2n) is 11.7. The molecule has 1 atom stereocenters. The van der Waals surface area contributed by atoms with E-state index in [4.69, 9.17) is 9.84 Å². The summed E-state index contributed by atoms with van der Waals surface area (Å²) in [4.78, 5) is 34.7. The third kappa shape index (κ3) is 32.3. The van der Waals surface area contributed by atoms with Gasteiger partial charge in [0.15, 0.2) is 0 Å². The number of allylic oxidation sites excluding steroid dienone is 7. The van der Waals surface area contributed by atoms with Crippen molar-refractivity contribution in [3.63, 3.8) is 0 Å². The topological polar surface area (TPSA) is 92.7 Å². The van der Waals surface area contributed by atoms with Crippen molar-refractivity contribution in [2.75, 3.05) is 6.54 Å². The molecule has 0 aliphatic carbocycles. The number of hydrogen-bond donors (Lipinski definition) is 2. The lowest BCUT2D eigenvalue weighted by molar-refractivity contribution is -0.147. The Hall–Kier alpha value is -2.63. The van der Waals surface area contributed by atoms with Gasteiger partial charge in [-0.1, -0.05) is 121 Å². The molecular formula is C38H65NO5. The first-order valence-electron chi connectivity index (χ1n) is 17.8. The summed E-state index contributed by atoms with van der Waals surface area (Å²) in [5, 5.41) is 11.0. The molecular weight excluding hydrogens is 550 g/mol. The number of nitrogens with one attached hydrogen (secondary N) is 1. The highest BCUT2D eigenvalue weighted by Gasteiger charge is 2.11. The molecule has 0 heterocycles. The van der Waals surface area contributed by atoms with Crippen molar-refractivity contribution in [2.45, 2.75) is 168 Å². The fourth-order valence-electron chi connectivity index (χ4n) is 4.85. The lowest BCUT2D eigenvalue weighted by Gasteiger charge is -2.14. The number of ether oxygens (including phenoxy) is 1. The fourth-order valence-corrected chi connectivity index (χ4v) is 4.85. The summed E-state index contributed by atoms with van der Waals surface area (Å²) < 4.78 is 5.87. The van der Waals surface area contributed by atoms with Gasteiger partial charge in [-0.3, -0.25) is 14.4 Å². The molecule has 6 nitrogen and oxygen atoms in total. The highest BCUT2D eigenvalue weighted by molar-refractivity contribution is 5.80. The van der Waals surface area contributed by atoms with Crippen LogP contribution < -0.4 is 5.32 Å². The maximum absolute atomic E-state index is 12.6. The average molecular weight is 616 g/mol. The lowest BCUT2D eigenvalue weighted by Crippen LogP contribution is -2.28. The minimum Gasteiger partial charge on any atom is -0.480 e. The van der Waals surface area contributed by atoms with Crippen LogP contribution in [0.1, 0.15) is 162 Å². The summed E-state index contributed by atoms with van der Waals surface area (Å²) in [5.74, 6) is -1.31. The van der Waals surface area contributed by atoms with Crippen LogP contribution in [-0.2, 0) is 19.1 Å². The van der Waals surface area contributed by atoms with E-state index >= 15 is 0 Å². The number of amides is 1. The second-order valence-corrected chi connectivity index (χ2v) is 11.7. The molecule has 0 aliphatic heterocycles. The first-order chi connectivity index (χ1) is 21.5. The molecule has 0 rings (SSSR count). The van der Waals surface area contributed by atoms with E-state index in [-0.39, 0.29) is 24.5 Å². The third-order valence-corrected chi connectivity index (χ3v) is 7.47. The Morgan fingerprint density at radius 3 is 1.82 bits per heavy atom. The van der Waals surface area contributed by atoms with Gasteiger partial charge in [0.1, 0.15) is 12.6 Å².